The van der Waals surface area contributed by atoms with E-state index in [4.69, 9.17) is 11.6 Å². The third-order valence-corrected chi connectivity index (χ3v) is 2.97. The van der Waals surface area contributed by atoms with Crippen molar-refractivity contribution in [2.24, 2.45) is 0 Å². The summed E-state index contributed by atoms with van der Waals surface area (Å²) in [6.45, 7) is 5.29. The molecule has 0 radical (unpaired) electrons. The molecule has 0 aliphatic heterocycles. The van der Waals surface area contributed by atoms with Crippen LogP contribution in [0.15, 0.2) is 0 Å². The third-order valence-electron chi connectivity index (χ3n) is 1.71. The summed E-state index contributed by atoms with van der Waals surface area (Å²) in [7, 11) is 0. The maximum Gasteiger partial charge on any atom is 0.421 e. The lowest BCUT2D eigenvalue weighted by atomic mass is 10.1. The van der Waals surface area contributed by atoms with E-state index in [9.17, 15) is 13.2 Å². The van der Waals surface area contributed by atoms with Crippen LogP contribution in [0.3, 0.4) is 0 Å². The van der Waals surface area contributed by atoms with Gasteiger partial charge in [0.25, 0.3) is 0 Å². The first-order chi connectivity index (χ1) is 6.55. The molecule has 0 aromatic carbocycles. The van der Waals surface area contributed by atoms with Crippen molar-refractivity contribution >= 4 is 34.2 Å². The van der Waals surface area contributed by atoms with Crippen molar-refractivity contribution in [1.82, 2.24) is 9.78 Å². The van der Waals surface area contributed by atoms with Crippen LogP contribution in [0.1, 0.15) is 26.3 Å². The fourth-order valence-corrected chi connectivity index (χ4v) is 2.88. The van der Waals surface area contributed by atoms with Gasteiger partial charge in [0, 0.05) is 0 Å². The number of rotatable bonds is 0. The van der Waals surface area contributed by atoms with Gasteiger partial charge in [-0.1, -0.05) is 11.6 Å². The lowest BCUT2D eigenvalue weighted by Gasteiger charge is -2.20. The topological polar surface area (TPSA) is 17.8 Å². The number of hydrogen-bond acceptors (Lipinski definition) is 1. The van der Waals surface area contributed by atoms with Gasteiger partial charge in [-0.3, -0.25) is 4.68 Å². The van der Waals surface area contributed by atoms with Crippen LogP contribution in [-0.4, -0.2) is 9.78 Å². The lowest BCUT2D eigenvalue weighted by molar-refractivity contribution is -0.138. The Morgan fingerprint density at radius 3 is 1.93 bits per heavy atom. The largest absolute Gasteiger partial charge is 0.421 e. The van der Waals surface area contributed by atoms with E-state index in [1.807, 2.05) is 0 Å². The number of hydrogen-bond donors (Lipinski definition) is 0. The highest BCUT2D eigenvalue weighted by Gasteiger charge is 2.40. The second-order valence-electron chi connectivity index (χ2n) is 4.04. The van der Waals surface area contributed by atoms with E-state index < -0.39 is 22.4 Å². The lowest BCUT2D eigenvalue weighted by Crippen LogP contribution is -2.25. The van der Waals surface area contributed by atoms with E-state index in [-0.39, 0.29) is 3.70 Å². The van der Waals surface area contributed by atoms with E-state index >= 15 is 0 Å². The van der Waals surface area contributed by atoms with Gasteiger partial charge in [0.15, 0.2) is 5.15 Å². The first-order valence-electron chi connectivity index (χ1n) is 4.07. The van der Waals surface area contributed by atoms with Gasteiger partial charge in [-0.2, -0.15) is 18.3 Å². The molecular weight excluding hydrogens is 343 g/mol. The van der Waals surface area contributed by atoms with Gasteiger partial charge in [0.2, 0.25) is 0 Å². The van der Waals surface area contributed by atoms with Crippen LogP contribution in [-0.2, 0) is 11.7 Å². The number of nitrogens with zero attached hydrogens (tertiary/aromatic N) is 2. The molecule has 1 aromatic rings. The fraction of sp³-hybridized carbons (Fsp3) is 0.625. The van der Waals surface area contributed by atoms with Crippen LogP contribution >= 0.6 is 34.2 Å². The van der Waals surface area contributed by atoms with Crippen LogP contribution < -0.4 is 0 Å². The normalized spacial score (nSPS) is 13.3. The molecule has 0 saturated heterocycles. The minimum absolute atomic E-state index is 0.0117. The van der Waals surface area contributed by atoms with Gasteiger partial charge in [-0.15, -0.1) is 0 Å². The molecule has 0 aliphatic carbocycles. The van der Waals surface area contributed by atoms with E-state index in [1.165, 1.54) is 4.68 Å². The standard InChI is InChI=1S/C8H9ClF3IN2/c1-7(2,3)15-6(13)4(5(9)14-15)8(10,11)12/h1-3H3. The molecule has 0 amide bonds. The molecule has 7 heteroatoms. The van der Waals surface area contributed by atoms with E-state index in [0.717, 1.165) is 0 Å². The summed E-state index contributed by atoms with van der Waals surface area (Å²) >= 11 is 7.09. The minimum Gasteiger partial charge on any atom is -0.252 e. The van der Waals surface area contributed by atoms with E-state index in [2.05, 4.69) is 5.10 Å². The van der Waals surface area contributed by atoms with Gasteiger partial charge in [0.05, 0.1) is 5.54 Å². The Morgan fingerprint density at radius 1 is 1.27 bits per heavy atom. The molecule has 0 atom stereocenters. The molecule has 0 fully saturated rings. The molecule has 0 aliphatic rings. The molecule has 2 nitrogen and oxygen atoms in total. The fourth-order valence-electron chi connectivity index (χ4n) is 1.05. The molecule has 0 N–H and O–H groups in total. The Kier molecular flexibility index (Phi) is 3.31. The highest BCUT2D eigenvalue weighted by Crippen LogP contribution is 2.38. The van der Waals surface area contributed by atoms with Crippen LogP contribution in [0.4, 0.5) is 13.2 Å². The maximum atomic E-state index is 12.6. The molecule has 1 aromatic heterocycles. The van der Waals surface area contributed by atoms with E-state index in [1.54, 1.807) is 43.4 Å². The summed E-state index contributed by atoms with van der Waals surface area (Å²) in [5.74, 6) is 0. The predicted octanol–water partition coefficient (Wildman–Crippen LogP) is 3.91. The monoisotopic (exact) mass is 352 g/mol. The summed E-state index contributed by atoms with van der Waals surface area (Å²) in [6, 6.07) is 0. The van der Waals surface area contributed by atoms with Crippen molar-refractivity contribution in [2.45, 2.75) is 32.5 Å². The number of alkyl halides is 3. The predicted molar refractivity (Wildman–Crippen MR) is 60.0 cm³/mol. The van der Waals surface area contributed by atoms with Crippen molar-refractivity contribution in [1.29, 1.82) is 0 Å². The molecule has 1 rings (SSSR count). The Balaban J connectivity index is 3.41. The zero-order valence-electron chi connectivity index (χ0n) is 8.28. The maximum absolute atomic E-state index is 12.6. The van der Waals surface area contributed by atoms with Crippen LogP contribution in [0.5, 0.6) is 0 Å². The summed E-state index contributed by atoms with van der Waals surface area (Å²) < 4.78 is 39.0. The average Bonchev–Trinajstić information content (AvgIpc) is 2.22. The molecule has 1 heterocycles. The quantitative estimate of drug-likeness (QED) is 0.647. The van der Waals surface area contributed by atoms with Crippen LogP contribution in [0.2, 0.25) is 5.15 Å². The van der Waals surface area contributed by atoms with Gasteiger partial charge in [-0.05, 0) is 43.4 Å². The highest BCUT2D eigenvalue weighted by atomic mass is 127. The molecule has 86 valence electrons. The minimum atomic E-state index is -4.46. The van der Waals surface area contributed by atoms with Crippen molar-refractivity contribution in [3.63, 3.8) is 0 Å². The van der Waals surface area contributed by atoms with Gasteiger partial charge in [-0.25, -0.2) is 0 Å². The average molecular weight is 353 g/mol. The van der Waals surface area contributed by atoms with Gasteiger partial charge < -0.3 is 0 Å². The van der Waals surface area contributed by atoms with Gasteiger partial charge >= 0.3 is 6.18 Å². The smallest absolute Gasteiger partial charge is 0.252 e. The zero-order chi connectivity index (χ0) is 12.0. The molecule has 15 heavy (non-hydrogen) atoms. The highest BCUT2D eigenvalue weighted by molar-refractivity contribution is 14.1. The van der Waals surface area contributed by atoms with Crippen molar-refractivity contribution in [2.75, 3.05) is 0 Å². The molecule has 0 spiro atoms. The summed E-state index contributed by atoms with van der Waals surface area (Å²) in [5, 5.41) is 3.20. The first kappa shape index (κ1) is 13.1. The second kappa shape index (κ2) is 3.80. The molecule has 0 bridgehead atoms. The van der Waals surface area contributed by atoms with Crippen LogP contribution in [0.25, 0.3) is 0 Å². The molecular formula is C8H9ClF3IN2. The third kappa shape index (κ3) is 2.58. The van der Waals surface area contributed by atoms with Gasteiger partial charge in [0.1, 0.15) is 9.26 Å². The Morgan fingerprint density at radius 2 is 1.73 bits per heavy atom. The second-order valence-corrected chi connectivity index (χ2v) is 5.42. The Hall–Kier alpha value is 0.0200. The summed E-state index contributed by atoms with van der Waals surface area (Å²) in [6.07, 6.45) is -4.46. The van der Waals surface area contributed by atoms with Crippen molar-refractivity contribution in [3.05, 3.63) is 14.4 Å². The van der Waals surface area contributed by atoms with Crippen LogP contribution in [0, 0.1) is 3.70 Å². The SMILES string of the molecule is CC(C)(C)n1nc(Cl)c(C(F)(F)F)c1I. The Bertz CT molecular complexity index is 378. The summed E-state index contributed by atoms with van der Waals surface area (Å²) in [5.41, 5.74) is -1.39. The molecule has 0 saturated carbocycles. The molecule has 0 unspecified atom stereocenters. The number of aromatic nitrogens is 2. The van der Waals surface area contributed by atoms with E-state index in [0.29, 0.717) is 0 Å². The van der Waals surface area contributed by atoms with Crippen molar-refractivity contribution < 1.29 is 13.2 Å². The Labute approximate surface area is 104 Å². The zero-order valence-corrected chi connectivity index (χ0v) is 11.2. The van der Waals surface area contributed by atoms with Crippen molar-refractivity contribution in [3.8, 4) is 0 Å². The first-order valence-corrected chi connectivity index (χ1v) is 5.52. The number of halogens is 5. The summed E-state index contributed by atoms with van der Waals surface area (Å²) in [4.78, 5) is 0.